The van der Waals surface area contributed by atoms with Crippen molar-refractivity contribution in [2.24, 2.45) is 0 Å². The van der Waals surface area contributed by atoms with E-state index >= 15 is 0 Å². The lowest BCUT2D eigenvalue weighted by Gasteiger charge is -2.20. The molecule has 140 valence electrons. The molecule has 6 heteroatoms. The highest BCUT2D eigenvalue weighted by Crippen LogP contribution is 2.23. The van der Waals surface area contributed by atoms with Gasteiger partial charge in [0.25, 0.3) is 0 Å². The molecule has 1 amide bonds. The number of hydrogen-bond donors (Lipinski definition) is 1. The summed E-state index contributed by atoms with van der Waals surface area (Å²) in [5, 5.41) is 7.95. The van der Waals surface area contributed by atoms with Crippen LogP contribution in [0.15, 0.2) is 72.1 Å². The zero-order valence-corrected chi connectivity index (χ0v) is 16.4. The van der Waals surface area contributed by atoms with Crippen LogP contribution >= 0.6 is 11.8 Å². The molecule has 27 heavy (non-hydrogen) atoms. The van der Waals surface area contributed by atoms with Crippen molar-refractivity contribution < 1.29 is 4.79 Å². The van der Waals surface area contributed by atoms with Gasteiger partial charge in [-0.15, -0.1) is 5.10 Å². The van der Waals surface area contributed by atoms with Crippen LogP contribution < -0.4 is 5.32 Å². The standard InChI is InChI=1S/C21H24N4OS/c1-3-10-19(17-11-6-4-7-12-17)23-20(26)16(2)27-21-22-15-25(24-21)18-13-8-5-9-14-18/h4-9,11-16,19H,3,10H2,1-2H3,(H,23,26). The molecule has 0 aliphatic rings. The molecule has 2 unspecified atom stereocenters. The lowest BCUT2D eigenvalue weighted by molar-refractivity contribution is -0.121. The van der Waals surface area contributed by atoms with Gasteiger partial charge in [-0.1, -0.05) is 73.6 Å². The summed E-state index contributed by atoms with van der Waals surface area (Å²) in [4.78, 5) is 17.0. The Balaban J connectivity index is 1.62. The predicted molar refractivity (Wildman–Crippen MR) is 109 cm³/mol. The van der Waals surface area contributed by atoms with Crippen LogP contribution in [0.3, 0.4) is 0 Å². The average molecular weight is 381 g/mol. The second-order valence-corrected chi connectivity index (χ2v) is 7.64. The fourth-order valence-corrected chi connectivity index (χ4v) is 3.54. The SMILES string of the molecule is CCCC(NC(=O)C(C)Sc1ncn(-c2ccccc2)n1)c1ccccc1. The number of thioether (sulfide) groups is 1. The third kappa shape index (κ3) is 5.20. The fourth-order valence-electron chi connectivity index (χ4n) is 2.80. The molecule has 2 atom stereocenters. The van der Waals surface area contributed by atoms with E-state index in [-0.39, 0.29) is 17.2 Å². The molecule has 1 N–H and O–H groups in total. The maximum atomic E-state index is 12.7. The molecule has 0 fully saturated rings. The van der Waals surface area contributed by atoms with Crippen LogP contribution in [-0.4, -0.2) is 25.9 Å². The van der Waals surface area contributed by atoms with Crippen LogP contribution in [0.5, 0.6) is 0 Å². The Hall–Kier alpha value is -2.60. The Morgan fingerprint density at radius 2 is 1.78 bits per heavy atom. The fraction of sp³-hybridized carbons (Fsp3) is 0.286. The first-order valence-electron chi connectivity index (χ1n) is 9.16. The minimum Gasteiger partial charge on any atom is -0.348 e. The Labute approximate surface area is 164 Å². The Kier molecular flexibility index (Phi) is 6.65. The lowest BCUT2D eigenvalue weighted by atomic mass is 10.0. The Morgan fingerprint density at radius 1 is 1.11 bits per heavy atom. The first-order chi connectivity index (χ1) is 13.2. The molecule has 1 aromatic heterocycles. The number of amides is 1. The van der Waals surface area contributed by atoms with Crippen LogP contribution in [0.25, 0.3) is 5.69 Å². The topological polar surface area (TPSA) is 59.8 Å². The van der Waals surface area contributed by atoms with Gasteiger partial charge in [0.1, 0.15) is 6.33 Å². The maximum Gasteiger partial charge on any atom is 0.233 e. The van der Waals surface area contributed by atoms with Gasteiger partial charge < -0.3 is 5.32 Å². The highest BCUT2D eigenvalue weighted by Gasteiger charge is 2.21. The minimum atomic E-state index is -0.278. The summed E-state index contributed by atoms with van der Waals surface area (Å²) in [7, 11) is 0. The van der Waals surface area contributed by atoms with Crippen molar-refractivity contribution in [2.45, 2.75) is 43.1 Å². The van der Waals surface area contributed by atoms with Crippen LogP contribution in [0, 0.1) is 0 Å². The van der Waals surface area contributed by atoms with Crippen LogP contribution in [0.1, 0.15) is 38.3 Å². The number of aromatic nitrogens is 3. The van der Waals surface area contributed by atoms with Crippen LogP contribution in [0.4, 0.5) is 0 Å². The summed E-state index contributed by atoms with van der Waals surface area (Å²) >= 11 is 1.37. The highest BCUT2D eigenvalue weighted by atomic mass is 32.2. The number of rotatable bonds is 8. The summed E-state index contributed by atoms with van der Waals surface area (Å²) in [6, 6.07) is 19.9. The normalized spacial score (nSPS) is 13.1. The predicted octanol–water partition coefficient (Wildman–Crippen LogP) is 4.41. The van der Waals surface area contributed by atoms with Crippen molar-refractivity contribution in [3.63, 3.8) is 0 Å². The van der Waals surface area contributed by atoms with Gasteiger partial charge in [-0.25, -0.2) is 9.67 Å². The van der Waals surface area contributed by atoms with E-state index in [9.17, 15) is 4.79 Å². The van der Waals surface area contributed by atoms with E-state index in [2.05, 4.69) is 34.5 Å². The summed E-state index contributed by atoms with van der Waals surface area (Å²) in [5.74, 6) is -0.00151. The van der Waals surface area contributed by atoms with Gasteiger partial charge in [-0.05, 0) is 31.0 Å². The van der Waals surface area contributed by atoms with E-state index in [0.717, 1.165) is 24.1 Å². The third-order valence-corrected chi connectivity index (χ3v) is 5.20. The second-order valence-electron chi connectivity index (χ2n) is 6.33. The number of nitrogens with zero attached hydrogens (tertiary/aromatic N) is 3. The van der Waals surface area contributed by atoms with Gasteiger partial charge in [0.05, 0.1) is 17.0 Å². The molecule has 0 bridgehead atoms. The number of carbonyl (C=O) groups is 1. The molecule has 1 heterocycles. The van der Waals surface area contributed by atoms with E-state index in [4.69, 9.17) is 0 Å². The van der Waals surface area contributed by atoms with Crippen molar-refractivity contribution >= 4 is 17.7 Å². The number of para-hydroxylation sites is 1. The third-order valence-electron chi connectivity index (χ3n) is 4.24. The highest BCUT2D eigenvalue weighted by molar-refractivity contribution is 8.00. The molecule has 3 aromatic rings. The molecule has 5 nitrogen and oxygen atoms in total. The molecule has 0 saturated carbocycles. The van der Waals surface area contributed by atoms with E-state index < -0.39 is 0 Å². The molecule has 0 aliphatic heterocycles. The van der Waals surface area contributed by atoms with Gasteiger partial charge in [0, 0.05) is 0 Å². The van der Waals surface area contributed by atoms with Crippen molar-refractivity contribution in [1.82, 2.24) is 20.1 Å². The molecule has 0 spiro atoms. The molecule has 0 radical (unpaired) electrons. The molecular formula is C21H24N4OS. The van der Waals surface area contributed by atoms with Crippen molar-refractivity contribution in [2.75, 3.05) is 0 Å². The Bertz CT molecular complexity index is 851. The van der Waals surface area contributed by atoms with Crippen LogP contribution in [-0.2, 0) is 4.79 Å². The quantitative estimate of drug-likeness (QED) is 0.588. The number of hydrogen-bond acceptors (Lipinski definition) is 4. The van der Waals surface area contributed by atoms with Crippen molar-refractivity contribution in [1.29, 1.82) is 0 Å². The van der Waals surface area contributed by atoms with Gasteiger partial charge in [-0.3, -0.25) is 4.79 Å². The summed E-state index contributed by atoms with van der Waals surface area (Å²) in [6.07, 6.45) is 3.59. The largest absolute Gasteiger partial charge is 0.348 e. The van der Waals surface area contributed by atoms with Gasteiger partial charge in [0.15, 0.2) is 0 Å². The number of nitrogens with one attached hydrogen (secondary N) is 1. The number of carbonyl (C=O) groups excluding carboxylic acids is 1. The summed E-state index contributed by atoms with van der Waals surface area (Å²) in [5.41, 5.74) is 2.08. The smallest absolute Gasteiger partial charge is 0.233 e. The number of benzene rings is 2. The van der Waals surface area contributed by atoms with Gasteiger partial charge in [0.2, 0.25) is 11.1 Å². The lowest BCUT2D eigenvalue weighted by Crippen LogP contribution is -2.34. The maximum absolute atomic E-state index is 12.7. The first-order valence-corrected chi connectivity index (χ1v) is 10.0. The van der Waals surface area contributed by atoms with E-state index in [1.165, 1.54) is 11.8 Å². The molecule has 3 rings (SSSR count). The molecular weight excluding hydrogens is 356 g/mol. The second kappa shape index (κ2) is 9.37. The first kappa shape index (κ1) is 19.2. The molecule has 0 aliphatic carbocycles. The zero-order valence-electron chi connectivity index (χ0n) is 15.6. The van der Waals surface area contributed by atoms with Gasteiger partial charge in [-0.2, -0.15) is 0 Å². The zero-order chi connectivity index (χ0) is 19.1. The monoisotopic (exact) mass is 380 g/mol. The van der Waals surface area contributed by atoms with Crippen molar-refractivity contribution in [3.8, 4) is 5.69 Å². The average Bonchev–Trinajstić information content (AvgIpc) is 3.17. The molecule has 2 aromatic carbocycles. The van der Waals surface area contributed by atoms with E-state index in [0.29, 0.717) is 5.16 Å². The summed E-state index contributed by atoms with van der Waals surface area (Å²) < 4.78 is 1.72. The molecule has 0 saturated heterocycles. The Morgan fingerprint density at radius 3 is 2.44 bits per heavy atom. The van der Waals surface area contributed by atoms with Crippen LogP contribution in [0.2, 0.25) is 0 Å². The van der Waals surface area contributed by atoms with Gasteiger partial charge >= 0.3 is 0 Å². The van der Waals surface area contributed by atoms with E-state index in [1.54, 1.807) is 11.0 Å². The summed E-state index contributed by atoms with van der Waals surface area (Å²) in [6.45, 7) is 4.01. The van der Waals surface area contributed by atoms with E-state index in [1.807, 2.05) is 55.5 Å². The minimum absolute atomic E-state index is 0.00151. The van der Waals surface area contributed by atoms with Crippen molar-refractivity contribution in [3.05, 3.63) is 72.6 Å².